The van der Waals surface area contributed by atoms with E-state index in [1.807, 2.05) is 12.4 Å². The number of fused-ring (bicyclic) bond motifs is 1. The molecule has 1 atom stereocenters. The summed E-state index contributed by atoms with van der Waals surface area (Å²) in [5.74, 6) is 0. The van der Waals surface area contributed by atoms with Crippen LogP contribution < -0.4 is 10.2 Å². The number of piperazine rings is 1. The summed E-state index contributed by atoms with van der Waals surface area (Å²) in [7, 11) is 0. The van der Waals surface area contributed by atoms with Gasteiger partial charge in [-0.05, 0) is 24.1 Å². The lowest BCUT2D eigenvalue weighted by molar-refractivity contribution is 0.455. The summed E-state index contributed by atoms with van der Waals surface area (Å²) >= 11 is 0. The van der Waals surface area contributed by atoms with E-state index in [0.29, 0.717) is 6.04 Å². The zero-order valence-corrected chi connectivity index (χ0v) is 13.2. The van der Waals surface area contributed by atoms with Gasteiger partial charge in [-0.3, -0.25) is 4.98 Å². The maximum absolute atomic E-state index is 4.24. The fourth-order valence-electron chi connectivity index (χ4n) is 3.46. The van der Waals surface area contributed by atoms with Gasteiger partial charge >= 0.3 is 0 Å². The molecular weight excluding hydrogens is 282 g/mol. The summed E-state index contributed by atoms with van der Waals surface area (Å²) in [6.07, 6.45) is 4.90. The Balaban J connectivity index is 1.57. The molecule has 0 aliphatic carbocycles. The van der Waals surface area contributed by atoms with E-state index in [2.05, 4.69) is 69.8 Å². The van der Waals surface area contributed by atoms with Crippen LogP contribution in [0.1, 0.15) is 5.56 Å². The first-order chi connectivity index (χ1) is 11.4. The van der Waals surface area contributed by atoms with Crippen LogP contribution in [0.5, 0.6) is 0 Å². The predicted molar refractivity (Wildman–Crippen MR) is 95.9 cm³/mol. The second kappa shape index (κ2) is 6.39. The first-order valence-electron chi connectivity index (χ1n) is 8.25. The molecule has 1 fully saturated rings. The predicted octanol–water partition coefficient (Wildman–Crippen LogP) is 3.26. The molecule has 0 radical (unpaired) electrons. The van der Waals surface area contributed by atoms with Gasteiger partial charge in [0.2, 0.25) is 0 Å². The van der Waals surface area contributed by atoms with Crippen molar-refractivity contribution in [2.75, 3.05) is 24.5 Å². The van der Waals surface area contributed by atoms with Gasteiger partial charge in [-0.25, -0.2) is 0 Å². The van der Waals surface area contributed by atoms with E-state index in [1.165, 1.54) is 22.0 Å². The summed E-state index contributed by atoms with van der Waals surface area (Å²) in [6, 6.07) is 19.8. The van der Waals surface area contributed by atoms with Crippen molar-refractivity contribution in [1.29, 1.82) is 0 Å². The fourth-order valence-corrected chi connectivity index (χ4v) is 3.46. The minimum atomic E-state index is 0.489. The topological polar surface area (TPSA) is 28.2 Å². The third-order valence-electron chi connectivity index (χ3n) is 4.58. The first-order valence-corrected chi connectivity index (χ1v) is 8.25. The Morgan fingerprint density at radius 2 is 1.96 bits per heavy atom. The van der Waals surface area contributed by atoms with Gasteiger partial charge in [0.1, 0.15) is 0 Å². The van der Waals surface area contributed by atoms with Crippen LogP contribution in [0.25, 0.3) is 10.8 Å². The Morgan fingerprint density at radius 1 is 1.04 bits per heavy atom. The molecular formula is C20H21N3. The molecule has 1 unspecified atom stereocenters. The highest BCUT2D eigenvalue weighted by atomic mass is 15.2. The number of benzene rings is 2. The van der Waals surface area contributed by atoms with Gasteiger partial charge in [-0.2, -0.15) is 0 Å². The number of nitrogens with zero attached hydrogens (tertiary/aromatic N) is 2. The Hall–Kier alpha value is -2.39. The number of hydrogen-bond acceptors (Lipinski definition) is 3. The molecule has 23 heavy (non-hydrogen) atoms. The second-order valence-corrected chi connectivity index (χ2v) is 6.16. The summed E-state index contributed by atoms with van der Waals surface area (Å²) in [4.78, 5) is 6.75. The number of hydrogen-bond donors (Lipinski definition) is 1. The van der Waals surface area contributed by atoms with E-state index < -0.39 is 0 Å². The van der Waals surface area contributed by atoms with Crippen LogP contribution in [-0.4, -0.2) is 30.7 Å². The molecule has 0 spiro atoms. The molecule has 3 heteroatoms. The number of rotatable bonds is 3. The van der Waals surface area contributed by atoms with Crippen molar-refractivity contribution < 1.29 is 0 Å². The Kier molecular flexibility index (Phi) is 3.95. The molecule has 1 saturated heterocycles. The number of pyridine rings is 1. The average molecular weight is 303 g/mol. The number of anilines is 1. The highest BCUT2D eigenvalue weighted by molar-refractivity contribution is 5.93. The lowest BCUT2D eigenvalue weighted by atomic mass is 10.0. The molecule has 3 aromatic rings. The quantitative estimate of drug-likeness (QED) is 0.805. The average Bonchev–Trinajstić information content (AvgIpc) is 2.62. The maximum atomic E-state index is 4.24. The standard InChI is InChI=1S/C20H21N3/c1-2-5-16(6-3-1)13-18-15-23(12-11-22-18)20-8-4-7-17-14-21-10-9-19(17)20/h1-10,14,18,22H,11-13,15H2. The summed E-state index contributed by atoms with van der Waals surface area (Å²) in [5, 5.41) is 6.17. The molecule has 4 rings (SSSR count). The summed E-state index contributed by atoms with van der Waals surface area (Å²) in [6.45, 7) is 3.11. The molecule has 2 heterocycles. The molecule has 1 aliphatic rings. The van der Waals surface area contributed by atoms with Gasteiger partial charge in [-0.15, -0.1) is 0 Å². The van der Waals surface area contributed by atoms with Crippen LogP contribution in [0, 0.1) is 0 Å². The molecule has 2 aromatic carbocycles. The van der Waals surface area contributed by atoms with Crippen LogP contribution in [-0.2, 0) is 6.42 Å². The van der Waals surface area contributed by atoms with Crippen LogP contribution in [0.4, 0.5) is 5.69 Å². The van der Waals surface area contributed by atoms with Crippen LogP contribution >= 0.6 is 0 Å². The smallest absolute Gasteiger partial charge is 0.0448 e. The molecule has 0 bridgehead atoms. The van der Waals surface area contributed by atoms with Crippen molar-refractivity contribution in [1.82, 2.24) is 10.3 Å². The summed E-state index contributed by atoms with van der Waals surface area (Å²) in [5.41, 5.74) is 2.72. The van der Waals surface area contributed by atoms with E-state index in [-0.39, 0.29) is 0 Å². The van der Waals surface area contributed by atoms with Crippen LogP contribution in [0.15, 0.2) is 67.0 Å². The summed E-state index contributed by atoms with van der Waals surface area (Å²) < 4.78 is 0. The Bertz CT molecular complexity index is 780. The van der Waals surface area contributed by atoms with E-state index in [0.717, 1.165) is 26.1 Å². The van der Waals surface area contributed by atoms with Crippen molar-refractivity contribution in [3.63, 3.8) is 0 Å². The molecule has 116 valence electrons. The van der Waals surface area contributed by atoms with E-state index in [1.54, 1.807) is 0 Å². The van der Waals surface area contributed by atoms with Gasteiger partial charge in [0.25, 0.3) is 0 Å². The lowest BCUT2D eigenvalue weighted by Crippen LogP contribution is -2.51. The molecule has 1 N–H and O–H groups in total. The third-order valence-corrected chi connectivity index (χ3v) is 4.58. The lowest BCUT2D eigenvalue weighted by Gasteiger charge is -2.36. The molecule has 0 saturated carbocycles. The molecule has 3 nitrogen and oxygen atoms in total. The third kappa shape index (κ3) is 3.06. The van der Waals surface area contributed by atoms with E-state index >= 15 is 0 Å². The van der Waals surface area contributed by atoms with Gasteiger partial charge in [-0.1, -0.05) is 42.5 Å². The fraction of sp³-hybridized carbons (Fsp3) is 0.250. The van der Waals surface area contributed by atoms with Gasteiger partial charge in [0.15, 0.2) is 0 Å². The maximum Gasteiger partial charge on any atom is 0.0448 e. The van der Waals surface area contributed by atoms with Gasteiger partial charge in [0, 0.05) is 54.5 Å². The van der Waals surface area contributed by atoms with Crippen molar-refractivity contribution in [2.45, 2.75) is 12.5 Å². The molecule has 0 amide bonds. The SMILES string of the molecule is c1ccc(CC2CN(c3cccc4cnccc34)CCN2)cc1. The Morgan fingerprint density at radius 3 is 2.87 bits per heavy atom. The van der Waals surface area contributed by atoms with Crippen LogP contribution in [0.2, 0.25) is 0 Å². The zero-order valence-electron chi connectivity index (χ0n) is 13.2. The van der Waals surface area contributed by atoms with Crippen molar-refractivity contribution in [3.8, 4) is 0 Å². The highest BCUT2D eigenvalue weighted by Gasteiger charge is 2.20. The first kappa shape index (κ1) is 14.2. The normalized spacial score (nSPS) is 18.3. The highest BCUT2D eigenvalue weighted by Crippen LogP contribution is 2.27. The monoisotopic (exact) mass is 303 g/mol. The molecule has 1 aliphatic heterocycles. The van der Waals surface area contributed by atoms with E-state index in [4.69, 9.17) is 0 Å². The van der Waals surface area contributed by atoms with Gasteiger partial charge < -0.3 is 10.2 Å². The van der Waals surface area contributed by atoms with E-state index in [9.17, 15) is 0 Å². The molecule has 1 aromatic heterocycles. The van der Waals surface area contributed by atoms with Crippen LogP contribution in [0.3, 0.4) is 0 Å². The minimum Gasteiger partial charge on any atom is -0.368 e. The largest absolute Gasteiger partial charge is 0.368 e. The van der Waals surface area contributed by atoms with Crippen molar-refractivity contribution in [2.24, 2.45) is 0 Å². The Labute approximate surface area is 137 Å². The van der Waals surface area contributed by atoms with Crippen molar-refractivity contribution >= 4 is 16.5 Å². The number of nitrogens with one attached hydrogen (secondary N) is 1. The van der Waals surface area contributed by atoms with Gasteiger partial charge in [0.05, 0.1) is 0 Å². The second-order valence-electron chi connectivity index (χ2n) is 6.16. The number of aromatic nitrogens is 1. The van der Waals surface area contributed by atoms with Crippen molar-refractivity contribution in [3.05, 3.63) is 72.6 Å². The zero-order chi connectivity index (χ0) is 15.5. The minimum absolute atomic E-state index is 0.489.